The standard InChI is InChI=1S/C17H30N2O.ClH/c1-2-19(15-8-3-4-9-15)17(20)14-10-12-6-5-7-13(11-14)16(12)18;/h12-16H,2-11,18H2,1H3;1H. The molecule has 2 atom stereocenters. The van der Waals surface area contributed by atoms with Crippen molar-refractivity contribution in [3.05, 3.63) is 0 Å². The molecule has 0 saturated heterocycles. The van der Waals surface area contributed by atoms with Gasteiger partial charge < -0.3 is 10.6 Å². The summed E-state index contributed by atoms with van der Waals surface area (Å²) in [7, 11) is 0. The Kier molecular flexibility index (Phi) is 5.96. The zero-order valence-electron chi connectivity index (χ0n) is 13.3. The van der Waals surface area contributed by atoms with Crippen LogP contribution >= 0.6 is 12.4 Å². The second-order valence-electron chi connectivity index (χ2n) is 7.26. The van der Waals surface area contributed by atoms with Gasteiger partial charge in [0.2, 0.25) is 5.91 Å². The van der Waals surface area contributed by atoms with Crippen LogP contribution in [0, 0.1) is 17.8 Å². The van der Waals surface area contributed by atoms with E-state index in [-0.39, 0.29) is 18.3 Å². The Balaban J connectivity index is 0.00000161. The smallest absolute Gasteiger partial charge is 0.225 e. The Morgan fingerprint density at radius 3 is 2.14 bits per heavy atom. The number of amides is 1. The summed E-state index contributed by atoms with van der Waals surface area (Å²) in [5.74, 6) is 1.94. The van der Waals surface area contributed by atoms with Gasteiger partial charge in [-0.3, -0.25) is 4.79 Å². The van der Waals surface area contributed by atoms with Gasteiger partial charge in [0.15, 0.2) is 0 Å². The van der Waals surface area contributed by atoms with Gasteiger partial charge in [-0.25, -0.2) is 0 Å². The van der Waals surface area contributed by atoms with Crippen molar-refractivity contribution in [3.63, 3.8) is 0 Å². The molecular weight excluding hydrogens is 284 g/mol. The summed E-state index contributed by atoms with van der Waals surface area (Å²) in [6.45, 7) is 3.03. The first kappa shape index (κ1) is 17.1. The van der Waals surface area contributed by atoms with Crippen molar-refractivity contribution in [1.82, 2.24) is 4.90 Å². The van der Waals surface area contributed by atoms with Crippen molar-refractivity contribution in [1.29, 1.82) is 0 Å². The highest BCUT2D eigenvalue weighted by atomic mass is 35.5. The monoisotopic (exact) mass is 314 g/mol. The summed E-state index contributed by atoms with van der Waals surface area (Å²) in [6.07, 6.45) is 11.0. The molecule has 2 N–H and O–H groups in total. The molecule has 4 heteroatoms. The third kappa shape index (κ3) is 3.39. The summed E-state index contributed by atoms with van der Waals surface area (Å²) >= 11 is 0. The van der Waals surface area contributed by atoms with Crippen LogP contribution in [0.15, 0.2) is 0 Å². The molecule has 1 amide bonds. The zero-order chi connectivity index (χ0) is 14.1. The minimum absolute atomic E-state index is 0. The maximum Gasteiger partial charge on any atom is 0.225 e. The molecule has 3 aliphatic carbocycles. The maximum atomic E-state index is 12.9. The van der Waals surface area contributed by atoms with Crippen molar-refractivity contribution in [2.75, 3.05) is 6.54 Å². The fourth-order valence-electron chi connectivity index (χ4n) is 5.04. The second-order valence-corrected chi connectivity index (χ2v) is 7.26. The number of rotatable bonds is 3. The molecule has 2 bridgehead atoms. The summed E-state index contributed by atoms with van der Waals surface area (Å²) in [5.41, 5.74) is 6.35. The predicted octanol–water partition coefficient (Wildman–Crippen LogP) is 3.35. The molecule has 3 rings (SSSR count). The SMILES string of the molecule is CCN(C(=O)C1CC2CCCC(C1)C2N)C1CCCC1.Cl. The van der Waals surface area contributed by atoms with E-state index in [0.29, 0.717) is 29.8 Å². The highest BCUT2D eigenvalue weighted by Crippen LogP contribution is 2.42. The van der Waals surface area contributed by atoms with E-state index in [1.54, 1.807) is 0 Å². The molecule has 0 aromatic heterocycles. The summed E-state index contributed by atoms with van der Waals surface area (Å²) < 4.78 is 0. The third-order valence-electron chi connectivity index (χ3n) is 6.15. The Bertz CT molecular complexity index is 343. The Hall–Kier alpha value is -0.280. The van der Waals surface area contributed by atoms with Crippen LogP contribution in [0.3, 0.4) is 0 Å². The van der Waals surface area contributed by atoms with Crippen molar-refractivity contribution in [3.8, 4) is 0 Å². The van der Waals surface area contributed by atoms with E-state index in [2.05, 4.69) is 11.8 Å². The molecular formula is C17H31ClN2O. The average Bonchev–Trinajstić information content (AvgIpc) is 2.93. The van der Waals surface area contributed by atoms with Crippen molar-refractivity contribution < 1.29 is 4.79 Å². The summed E-state index contributed by atoms with van der Waals surface area (Å²) in [6, 6.07) is 0.900. The minimum Gasteiger partial charge on any atom is -0.340 e. The number of carbonyl (C=O) groups is 1. The zero-order valence-corrected chi connectivity index (χ0v) is 14.1. The van der Waals surface area contributed by atoms with Crippen molar-refractivity contribution in [2.45, 2.75) is 76.8 Å². The van der Waals surface area contributed by atoms with Crippen molar-refractivity contribution >= 4 is 18.3 Å². The fourth-order valence-corrected chi connectivity index (χ4v) is 5.04. The average molecular weight is 315 g/mol. The molecule has 2 unspecified atom stereocenters. The lowest BCUT2D eigenvalue weighted by molar-refractivity contribution is -0.140. The van der Waals surface area contributed by atoms with E-state index in [4.69, 9.17) is 5.73 Å². The third-order valence-corrected chi connectivity index (χ3v) is 6.15. The van der Waals surface area contributed by atoms with Gasteiger partial charge in [0.1, 0.15) is 0 Å². The molecule has 3 fully saturated rings. The van der Waals surface area contributed by atoms with Gasteiger partial charge in [0, 0.05) is 24.5 Å². The number of fused-ring (bicyclic) bond motifs is 2. The van der Waals surface area contributed by atoms with Gasteiger partial charge in [-0.1, -0.05) is 19.3 Å². The number of carbonyl (C=O) groups excluding carboxylic acids is 1. The number of nitrogens with two attached hydrogens (primary N) is 1. The maximum absolute atomic E-state index is 12.9. The lowest BCUT2D eigenvalue weighted by atomic mass is 9.65. The van der Waals surface area contributed by atoms with E-state index in [1.165, 1.54) is 44.9 Å². The number of hydrogen-bond acceptors (Lipinski definition) is 2. The quantitative estimate of drug-likeness (QED) is 0.868. The van der Waals surface area contributed by atoms with Crippen LogP contribution in [0.25, 0.3) is 0 Å². The fraction of sp³-hybridized carbons (Fsp3) is 0.941. The second kappa shape index (κ2) is 7.32. The molecule has 3 saturated carbocycles. The molecule has 0 aromatic rings. The first-order chi connectivity index (χ1) is 9.70. The highest BCUT2D eigenvalue weighted by Gasteiger charge is 2.42. The molecule has 0 radical (unpaired) electrons. The topological polar surface area (TPSA) is 46.3 Å². The first-order valence-corrected chi connectivity index (χ1v) is 8.76. The summed E-state index contributed by atoms with van der Waals surface area (Å²) in [5, 5.41) is 0. The van der Waals surface area contributed by atoms with Crippen molar-refractivity contribution in [2.24, 2.45) is 23.5 Å². The lowest BCUT2D eigenvalue weighted by Gasteiger charge is -2.45. The lowest BCUT2D eigenvalue weighted by Crippen LogP contribution is -2.51. The van der Waals surface area contributed by atoms with Gasteiger partial charge in [-0.15, -0.1) is 12.4 Å². The van der Waals surface area contributed by atoms with Crippen LogP contribution in [-0.4, -0.2) is 29.4 Å². The van der Waals surface area contributed by atoms with Crippen LogP contribution in [0.2, 0.25) is 0 Å². The predicted molar refractivity (Wildman–Crippen MR) is 88.4 cm³/mol. The van der Waals surface area contributed by atoms with Crippen LogP contribution in [0.1, 0.15) is 64.7 Å². The normalized spacial score (nSPS) is 36.1. The Morgan fingerprint density at radius 2 is 1.62 bits per heavy atom. The van der Waals surface area contributed by atoms with E-state index in [0.717, 1.165) is 19.4 Å². The molecule has 3 nitrogen and oxygen atoms in total. The van der Waals surface area contributed by atoms with Gasteiger partial charge >= 0.3 is 0 Å². The molecule has 0 aromatic carbocycles. The number of nitrogens with zero attached hydrogens (tertiary/aromatic N) is 1. The molecule has 0 aliphatic heterocycles. The molecule has 0 spiro atoms. The van der Waals surface area contributed by atoms with Gasteiger partial charge in [-0.2, -0.15) is 0 Å². The van der Waals surface area contributed by atoms with E-state index in [9.17, 15) is 4.79 Å². The molecule has 3 aliphatic rings. The first-order valence-electron chi connectivity index (χ1n) is 8.76. The minimum atomic E-state index is 0. The van der Waals surface area contributed by atoms with E-state index in [1.807, 2.05) is 0 Å². The van der Waals surface area contributed by atoms with Crippen LogP contribution in [0.5, 0.6) is 0 Å². The Labute approximate surface area is 135 Å². The number of halogens is 1. The van der Waals surface area contributed by atoms with Gasteiger partial charge in [-0.05, 0) is 57.3 Å². The van der Waals surface area contributed by atoms with E-state index < -0.39 is 0 Å². The van der Waals surface area contributed by atoms with E-state index >= 15 is 0 Å². The van der Waals surface area contributed by atoms with Gasteiger partial charge in [0.25, 0.3) is 0 Å². The summed E-state index contributed by atoms with van der Waals surface area (Å²) in [4.78, 5) is 15.1. The largest absolute Gasteiger partial charge is 0.340 e. The van der Waals surface area contributed by atoms with Crippen LogP contribution < -0.4 is 5.73 Å². The molecule has 122 valence electrons. The van der Waals surface area contributed by atoms with Crippen LogP contribution in [-0.2, 0) is 4.79 Å². The highest BCUT2D eigenvalue weighted by molar-refractivity contribution is 5.85. The molecule has 21 heavy (non-hydrogen) atoms. The van der Waals surface area contributed by atoms with Gasteiger partial charge in [0.05, 0.1) is 0 Å². The van der Waals surface area contributed by atoms with Crippen LogP contribution in [0.4, 0.5) is 0 Å². The molecule has 0 heterocycles. The number of hydrogen-bond donors (Lipinski definition) is 1. The Morgan fingerprint density at radius 1 is 1.05 bits per heavy atom.